The fourth-order valence-electron chi connectivity index (χ4n) is 4.31. The first-order valence-electron chi connectivity index (χ1n) is 17.7. The van der Waals surface area contributed by atoms with Crippen LogP contribution < -0.4 is 19.5 Å². The van der Waals surface area contributed by atoms with Crippen LogP contribution in [0.15, 0.2) is 126 Å². The molecule has 0 bridgehead atoms. The molecule has 0 radical (unpaired) electrons. The van der Waals surface area contributed by atoms with E-state index < -0.39 is 12.0 Å². The van der Waals surface area contributed by atoms with Crippen molar-refractivity contribution in [1.29, 1.82) is 0 Å². The number of thioether (sulfide) groups is 1. The molecule has 0 saturated heterocycles. The van der Waals surface area contributed by atoms with Gasteiger partial charge in [-0.2, -0.15) is 0 Å². The Morgan fingerprint density at radius 3 is 2.13 bits per heavy atom. The Morgan fingerprint density at radius 1 is 0.889 bits per heavy atom. The number of allylic oxidation sites excluding steroid dienone is 5. The molecule has 0 fully saturated rings. The van der Waals surface area contributed by atoms with Crippen LogP contribution in [0.25, 0.3) is 0 Å². The summed E-state index contributed by atoms with van der Waals surface area (Å²) >= 11 is 2.91. The Labute approximate surface area is 330 Å². The second-order valence-electron chi connectivity index (χ2n) is 11.1. The van der Waals surface area contributed by atoms with Gasteiger partial charge in [0.25, 0.3) is 0 Å². The minimum Gasteiger partial charge on any atom is -0.491 e. The van der Waals surface area contributed by atoms with Gasteiger partial charge < -0.3 is 24.3 Å². The van der Waals surface area contributed by atoms with E-state index in [1.54, 1.807) is 74.3 Å². The number of nitrogens with one attached hydrogen (secondary N) is 2. The molecule has 9 nitrogen and oxygen atoms in total. The van der Waals surface area contributed by atoms with Crippen molar-refractivity contribution < 1.29 is 33.3 Å². The third kappa shape index (κ3) is 18.9. The molecule has 11 heteroatoms. The van der Waals surface area contributed by atoms with E-state index in [0.29, 0.717) is 34.2 Å². The molecular formula is C43H56N2O7S2. The number of aryl methyl sites for hydroxylation is 1. The van der Waals surface area contributed by atoms with Gasteiger partial charge in [-0.3, -0.25) is 14.4 Å². The second-order valence-corrected chi connectivity index (χ2v) is 12.7. The van der Waals surface area contributed by atoms with E-state index >= 15 is 0 Å². The van der Waals surface area contributed by atoms with Gasteiger partial charge in [-0.25, -0.2) is 4.72 Å². The maximum absolute atomic E-state index is 12.4. The van der Waals surface area contributed by atoms with Crippen molar-refractivity contribution in [1.82, 2.24) is 10.0 Å². The van der Waals surface area contributed by atoms with Gasteiger partial charge in [0.15, 0.2) is 12.0 Å². The minimum absolute atomic E-state index is 0.127. The molecule has 0 aliphatic carbocycles. The molecule has 0 saturated carbocycles. The summed E-state index contributed by atoms with van der Waals surface area (Å²) in [6, 6.07) is 23.8. The summed E-state index contributed by atoms with van der Waals surface area (Å²) in [7, 11) is 0. The van der Waals surface area contributed by atoms with Crippen molar-refractivity contribution in [2.75, 3.05) is 38.9 Å². The van der Waals surface area contributed by atoms with Crippen LogP contribution in [0.5, 0.6) is 11.5 Å². The van der Waals surface area contributed by atoms with Crippen molar-refractivity contribution in [2.24, 2.45) is 0 Å². The van der Waals surface area contributed by atoms with Crippen molar-refractivity contribution in [3.8, 4) is 11.5 Å². The summed E-state index contributed by atoms with van der Waals surface area (Å²) < 4.78 is 26.0. The molecule has 0 aliphatic heterocycles. The maximum Gasteiger partial charge on any atom is 0.325 e. The summed E-state index contributed by atoms with van der Waals surface area (Å²) in [5.41, 5.74) is 3.23. The Hall–Kier alpha value is -4.71. The Bertz CT molecular complexity index is 1660. The zero-order chi connectivity index (χ0) is 40.1. The Kier molecular flexibility index (Phi) is 25.2. The smallest absolute Gasteiger partial charge is 0.325 e. The van der Waals surface area contributed by atoms with Crippen LogP contribution in [0, 0.1) is 6.92 Å². The highest BCUT2D eigenvalue weighted by atomic mass is 32.2. The van der Waals surface area contributed by atoms with E-state index in [1.807, 2.05) is 69.5 Å². The number of carbonyl (C=O) groups is 3. The molecule has 0 aliphatic rings. The van der Waals surface area contributed by atoms with Gasteiger partial charge in [0.1, 0.15) is 36.5 Å². The van der Waals surface area contributed by atoms with Crippen molar-refractivity contribution in [2.45, 2.75) is 54.0 Å². The SMILES string of the molecule is C=CC(=C\C=C(/C)SC)/C(Oc1ccccc1C=O)=C(/C)OCCOc1ccc(CC(=O)NCC(NSC)C(=O)OCC)cc1.CC.Cc1ccccc1. The van der Waals surface area contributed by atoms with Gasteiger partial charge in [-0.15, -0.1) is 11.8 Å². The molecule has 1 amide bonds. The third-order valence-corrected chi connectivity index (χ3v) is 8.41. The van der Waals surface area contributed by atoms with Gasteiger partial charge >= 0.3 is 5.97 Å². The van der Waals surface area contributed by atoms with Crippen LogP contribution in [0.3, 0.4) is 0 Å². The molecule has 3 aromatic carbocycles. The van der Waals surface area contributed by atoms with Crippen molar-refractivity contribution in [3.63, 3.8) is 0 Å². The quantitative estimate of drug-likeness (QED) is 0.0288. The Morgan fingerprint density at radius 2 is 1.56 bits per heavy atom. The normalized spacial score (nSPS) is 11.9. The van der Waals surface area contributed by atoms with Crippen molar-refractivity contribution >= 4 is 41.9 Å². The number of rotatable bonds is 20. The van der Waals surface area contributed by atoms with E-state index in [2.05, 4.69) is 35.7 Å². The van der Waals surface area contributed by atoms with E-state index in [1.165, 1.54) is 17.5 Å². The number of benzene rings is 3. The number of para-hydroxylation sites is 1. The molecule has 3 aromatic rings. The van der Waals surface area contributed by atoms with E-state index in [9.17, 15) is 14.4 Å². The number of carbonyl (C=O) groups excluding carboxylic acids is 3. The van der Waals surface area contributed by atoms with Crippen LogP contribution in [0.2, 0.25) is 0 Å². The first-order chi connectivity index (χ1) is 26.1. The molecule has 54 heavy (non-hydrogen) atoms. The summed E-state index contributed by atoms with van der Waals surface area (Å²) in [4.78, 5) is 37.1. The topological polar surface area (TPSA) is 112 Å². The largest absolute Gasteiger partial charge is 0.491 e. The average molecular weight is 777 g/mol. The van der Waals surface area contributed by atoms with E-state index in [-0.39, 0.29) is 38.7 Å². The zero-order valence-corrected chi connectivity index (χ0v) is 34.4. The summed E-state index contributed by atoms with van der Waals surface area (Å²) in [6.07, 6.45) is 10.2. The van der Waals surface area contributed by atoms with Gasteiger partial charge in [-0.1, -0.05) is 111 Å². The van der Waals surface area contributed by atoms with Gasteiger partial charge in [0, 0.05) is 12.1 Å². The maximum atomic E-state index is 12.4. The highest BCUT2D eigenvalue weighted by molar-refractivity contribution is 8.02. The molecule has 292 valence electrons. The molecule has 0 aromatic heterocycles. The monoisotopic (exact) mass is 776 g/mol. The average Bonchev–Trinajstić information content (AvgIpc) is 3.19. The fourth-order valence-corrected chi connectivity index (χ4v) is 4.97. The molecule has 0 spiro atoms. The molecule has 1 unspecified atom stereocenters. The third-order valence-electron chi connectivity index (χ3n) is 7.11. The molecule has 1 atom stereocenters. The van der Waals surface area contributed by atoms with E-state index in [0.717, 1.165) is 16.8 Å². The van der Waals surface area contributed by atoms with Gasteiger partial charge in [0.2, 0.25) is 5.91 Å². The van der Waals surface area contributed by atoms with Crippen LogP contribution >= 0.6 is 23.7 Å². The van der Waals surface area contributed by atoms with Crippen molar-refractivity contribution in [3.05, 3.63) is 142 Å². The summed E-state index contributed by atoms with van der Waals surface area (Å²) in [6.45, 7) is 16.4. The fraction of sp³-hybridized carbons (Fsp3) is 0.326. The number of amides is 1. The number of aldehydes is 1. The predicted molar refractivity (Wildman–Crippen MR) is 225 cm³/mol. The van der Waals surface area contributed by atoms with Crippen LogP contribution in [0.4, 0.5) is 0 Å². The lowest BCUT2D eigenvalue weighted by molar-refractivity contribution is -0.145. The summed E-state index contributed by atoms with van der Waals surface area (Å²) in [5.74, 6) is 1.34. The van der Waals surface area contributed by atoms with Gasteiger partial charge in [-0.05, 0) is 74.9 Å². The molecule has 0 heterocycles. The van der Waals surface area contributed by atoms with E-state index in [4.69, 9.17) is 18.9 Å². The standard InChI is InChI=1S/C34H42N2O7S2.C7H8.C2H6/c1-7-27(16-13-24(3)44-5)33(43-31-12-10-9-11-28(31)23-37)25(4)41-19-20-42-29-17-14-26(15-18-29)21-32(38)35-22-30(36-45-6)34(39)40-8-2;1-7-5-3-2-4-6-7;1-2/h7,9-18,23,30,36H,1,8,19-22H2,2-6H3,(H,35,38);2-6H,1H3;1-2H3/b24-13+,27-16+,33-25+;;. The predicted octanol–water partition coefficient (Wildman–Crippen LogP) is 9.06. The lowest BCUT2D eigenvalue weighted by Gasteiger charge is -2.17. The first-order valence-corrected chi connectivity index (χ1v) is 20.2. The summed E-state index contributed by atoms with van der Waals surface area (Å²) in [5, 5.41) is 2.77. The lowest BCUT2D eigenvalue weighted by atomic mass is 10.1. The van der Waals surface area contributed by atoms with Crippen LogP contribution in [0.1, 0.15) is 56.1 Å². The highest BCUT2D eigenvalue weighted by Crippen LogP contribution is 2.26. The molecular weight excluding hydrogens is 721 g/mol. The number of esters is 1. The molecule has 3 rings (SSSR count). The minimum atomic E-state index is -0.629. The zero-order valence-electron chi connectivity index (χ0n) is 32.8. The first kappa shape index (κ1) is 47.3. The number of hydrogen-bond acceptors (Lipinski definition) is 10. The Balaban J connectivity index is 0.00000143. The van der Waals surface area contributed by atoms with Crippen LogP contribution in [-0.4, -0.2) is 63.1 Å². The van der Waals surface area contributed by atoms with Crippen LogP contribution in [-0.2, 0) is 25.5 Å². The number of hydrogen-bond donors (Lipinski definition) is 2. The number of ether oxygens (including phenoxy) is 4. The lowest BCUT2D eigenvalue weighted by Crippen LogP contribution is -2.44. The molecule has 2 N–H and O–H groups in total. The highest BCUT2D eigenvalue weighted by Gasteiger charge is 2.20. The van der Waals surface area contributed by atoms with Gasteiger partial charge in [0.05, 0.1) is 18.6 Å². The second kappa shape index (κ2) is 28.7.